The predicted molar refractivity (Wildman–Crippen MR) is 107 cm³/mol. The van der Waals surface area contributed by atoms with Crippen LogP contribution < -0.4 is 5.32 Å². The normalized spacial score (nSPS) is 14.7. The molecule has 2 aromatic carbocycles. The van der Waals surface area contributed by atoms with Gasteiger partial charge < -0.3 is 15.2 Å². The number of carbonyl (C=O) groups excluding carboxylic acids is 1. The SMILES string of the molecule is O=C(Cc1ccc(C(=O)O)cc1)Nc1cccc(CSC2CCOCC2)c1. The average molecular weight is 385 g/mol. The van der Waals surface area contributed by atoms with Gasteiger partial charge in [-0.05, 0) is 48.2 Å². The Bertz CT molecular complexity index is 785. The fourth-order valence-corrected chi connectivity index (χ4v) is 4.08. The highest BCUT2D eigenvalue weighted by molar-refractivity contribution is 7.99. The second-order valence-electron chi connectivity index (χ2n) is 6.55. The van der Waals surface area contributed by atoms with E-state index in [4.69, 9.17) is 9.84 Å². The third-order valence-corrected chi connectivity index (χ3v) is 5.87. The van der Waals surface area contributed by atoms with Crippen molar-refractivity contribution in [2.75, 3.05) is 18.5 Å². The van der Waals surface area contributed by atoms with Crippen molar-refractivity contribution < 1.29 is 19.4 Å². The minimum atomic E-state index is -0.971. The van der Waals surface area contributed by atoms with E-state index in [1.54, 1.807) is 12.1 Å². The molecule has 0 unspecified atom stereocenters. The maximum absolute atomic E-state index is 12.3. The van der Waals surface area contributed by atoms with Crippen LogP contribution in [0.5, 0.6) is 0 Å². The lowest BCUT2D eigenvalue weighted by Gasteiger charge is -2.21. The number of benzene rings is 2. The molecule has 1 saturated heterocycles. The van der Waals surface area contributed by atoms with Crippen molar-refractivity contribution in [3.05, 3.63) is 65.2 Å². The van der Waals surface area contributed by atoms with Gasteiger partial charge in [-0.25, -0.2) is 4.79 Å². The van der Waals surface area contributed by atoms with E-state index in [0.717, 1.165) is 43.1 Å². The van der Waals surface area contributed by atoms with Crippen LogP contribution in [0.2, 0.25) is 0 Å². The summed E-state index contributed by atoms with van der Waals surface area (Å²) in [6.07, 6.45) is 2.41. The number of hydrogen-bond acceptors (Lipinski definition) is 4. The van der Waals surface area contributed by atoms with Crippen LogP contribution in [0, 0.1) is 0 Å². The van der Waals surface area contributed by atoms with Crippen LogP contribution in [0.1, 0.15) is 34.3 Å². The number of rotatable bonds is 7. The molecule has 1 fully saturated rings. The molecule has 0 saturated carbocycles. The second-order valence-corrected chi connectivity index (χ2v) is 7.84. The molecule has 5 nitrogen and oxygen atoms in total. The van der Waals surface area contributed by atoms with E-state index in [1.165, 1.54) is 17.7 Å². The molecule has 6 heteroatoms. The van der Waals surface area contributed by atoms with Crippen molar-refractivity contribution in [3.63, 3.8) is 0 Å². The van der Waals surface area contributed by atoms with Gasteiger partial charge in [0.05, 0.1) is 12.0 Å². The molecule has 2 aromatic rings. The molecule has 142 valence electrons. The van der Waals surface area contributed by atoms with Gasteiger partial charge in [0.15, 0.2) is 0 Å². The average Bonchev–Trinajstić information content (AvgIpc) is 2.68. The van der Waals surface area contributed by atoms with E-state index < -0.39 is 5.97 Å². The number of nitrogens with one attached hydrogen (secondary N) is 1. The van der Waals surface area contributed by atoms with E-state index >= 15 is 0 Å². The van der Waals surface area contributed by atoms with E-state index in [2.05, 4.69) is 11.4 Å². The fourth-order valence-electron chi connectivity index (χ4n) is 2.95. The first kappa shape index (κ1) is 19.5. The van der Waals surface area contributed by atoms with Gasteiger partial charge in [0.1, 0.15) is 0 Å². The van der Waals surface area contributed by atoms with E-state index in [0.29, 0.717) is 5.25 Å². The third kappa shape index (κ3) is 6.12. The van der Waals surface area contributed by atoms with Gasteiger partial charge in [0.2, 0.25) is 5.91 Å². The first-order chi connectivity index (χ1) is 13.1. The zero-order valence-corrected chi connectivity index (χ0v) is 15.8. The summed E-state index contributed by atoms with van der Waals surface area (Å²) in [5.74, 6) is -0.167. The lowest BCUT2D eigenvalue weighted by Crippen LogP contribution is -2.17. The summed E-state index contributed by atoms with van der Waals surface area (Å²) in [5.41, 5.74) is 2.97. The summed E-state index contributed by atoms with van der Waals surface area (Å²) in [6, 6.07) is 14.3. The molecule has 3 rings (SSSR count). The summed E-state index contributed by atoms with van der Waals surface area (Å²) in [7, 11) is 0. The molecule has 0 atom stereocenters. The van der Waals surface area contributed by atoms with Crippen molar-refractivity contribution in [3.8, 4) is 0 Å². The molecule has 0 bridgehead atoms. The van der Waals surface area contributed by atoms with Crippen molar-refractivity contribution in [1.29, 1.82) is 0 Å². The van der Waals surface area contributed by atoms with E-state index in [9.17, 15) is 9.59 Å². The van der Waals surface area contributed by atoms with Crippen molar-refractivity contribution >= 4 is 29.3 Å². The highest BCUT2D eigenvalue weighted by Gasteiger charge is 2.14. The van der Waals surface area contributed by atoms with E-state index in [-0.39, 0.29) is 17.9 Å². The molecular formula is C21H23NO4S. The molecule has 0 aromatic heterocycles. The zero-order valence-electron chi connectivity index (χ0n) is 15.0. The maximum Gasteiger partial charge on any atom is 0.335 e. The smallest absolute Gasteiger partial charge is 0.335 e. The standard InChI is InChI=1S/C21H23NO4S/c23-20(13-15-4-6-17(7-5-15)21(24)25)22-18-3-1-2-16(12-18)14-27-19-8-10-26-11-9-19/h1-7,12,19H,8-11,13-14H2,(H,22,23)(H,24,25). The molecule has 1 aliphatic heterocycles. The van der Waals surface area contributed by atoms with Crippen LogP contribution in [-0.2, 0) is 21.7 Å². The Morgan fingerprint density at radius 1 is 1.07 bits per heavy atom. The van der Waals surface area contributed by atoms with Gasteiger partial charge in [0.25, 0.3) is 0 Å². The van der Waals surface area contributed by atoms with Gasteiger partial charge in [-0.3, -0.25) is 4.79 Å². The Labute approximate surface area is 163 Å². The molecule has 0 spiro atoms. The minimum Gasteiger partial charge on any atom is -0.478 e. The summed E-state index contributed by atoms with van der Waals surface area (Å²) in [5, 5.41) is 12.5. The van der Waals surface area contributed by atoms with Crippen LogP contribution in [0.3, 0.4) is 0 Å². The van der Waals surface area contributed by atoms with Gasteiger partial charge >= 0.3 is 5.97 Å². The van der Waals surface area contributed by atoms with Crippen molar-refractivity contribution in [2.45, 2.75) is 30.3 Å². The Morgan fingerprint density at radius 2 is 1.81 bits per heavy atom. The number of aromatic carboxylic acids is 1. The Balaban J connectivity index is 1.52. The summed E-state index contributed by atoms with van der Waals surface area (Å²) in [6.45, 7) is 1.70. The quantitative estimate of drug-likeness (QED) is 0.754. The number of hydrogen-bond donors (Lipinski definition) is 2. The van der Waals surface area contributed by atoms with Crippen LogP contribution in [0.25, 0.3) is 0 Å². The minimum absolute atomic E-state index is 0.118. The number of carboxylic acids is 1. The van der Waals surface area contributed by atoms with Crippen LogP contribution in [0.4, 0.5) is 5.69 Å². The molecule has 0 radical (unpaired) electrons. The maximum atomic E-state index is 12.3. The number of ether oxygens (including phenoxy) is 1. The van der Waals surface area contributed by atoms with Gasteiger partial charge in [-0.2, -0.15) is 11.8 Å². The van der Waals surface area contributed by atoms with Crippen LogP contribution in [-0.4, -0.2) is 35.4 Å². The third-order valence-electron chi connectivity index (χ3n) is 4.43. The highest BCUT2D eigenvalue weighted by atomic mass is 32.2. The molecule has 1 aliphatic rings. The number of amides is 1. The summed E-state index contributed by atoms with van der Waals surface area (Å²) < 4.78 is 5.39. The van der Waals surface area contributed by atoms with Crippen LogP contribution in [0.15, 0.2) is 48.5 Å². The Morgan fingerprint density at radius 3 is 2.52 bits per heavy atom. The van der Waals surface area contributed by atoms with Crippen molar-refractivity contribution in [2.24, 2.45) is 0 Å². The van der Waals surface area contributed by atoms with Crippen molar-refractivity contribution in [1.82, 2.24) is 0 Å². The van der Waals surface area contributed by atoms with Gasteiger partial charge in [-0.1, -0.05) is 24.3 Å². The molecular weight excluding hydrogens is 362 g/mol. The summed E-state index contributed by atoms with van der Waals surface area (Å²) >= 11 is 1.94. The lowest BCUT2D eigenvalue weighted by molar-refractivity contribution is -0.115. The van der Waals surface area contributed by atoms with Gasteiger partial charge in [-0.15, -0.1) is 0 Å². The fraction of sp³-hybridized carbons (Fsp3) is 0.333. The number of thioether (sulfide) groups is 1. The number of anilines is 1. The topological polar surface area (TPSA) is 75.6 Å². The first-order valence-electron chi connectivity index (χ1n) is 9.00. The zero-order chi connectivity index (χ0) is 19.1. The highest BCUT2D eigenvalue weighted by Crippen LogP contribution is 2.26. The number of carbonyl (C=O) groups is 2. The van der Waals surface area contributed by atoms with E-state index in [1.807, 2.05) is 30.0 Å². The van der Waals surface area contributed by atoms with Gasteiger partial charge in [0, 0.05) is 29.9 Å². The lowest BCUT2D eigenvalue weighted by atomic mass is 10.1. The Kier molecular flexibility index (Phi) is 6.90. The Hall–Kier alpha value is -2.31. The molecule has 1 heterocycles. The predicted octanol–water partition coefficient (Wildman–Crippen LogP) is 3.98. The monoisotopic (exact) mass is 385 g/mol. The second kappa shape index (κ2) is 9.58. The molecule has 0 aliphatic carbocycles. The molecule has 27 heavy (non-hydrogen) atoms. The largest absolute Gasteiger partial charge is 0.478 e. The van der Waals surface area contributed by atoms with Crippen LogP contribution >= 0.6 is 11.8 Å². The first-order valence-corrected chi connectivity index (χ1v) is 10.1. The molecule has 1 amide bonds. The molecule has 2 N–H and O–H groups in total. The summed E-state index contributed by atoms with van der Waals surface area (Å²) in [4.78, 5) is 23.1. The number of carboxylic acid groups (broad SMARTS) is 1.